The predicted molar refractivity (Wildman–Crippen MR) is 61.8 cm³/mol. The van der Waals surface area contributed by atoms with Gasteiger partial charge in [-0.1, -0.05) is 24.3 Å². The van der Waals surface area contributed by atoms with Crippen LogP contribution in [0.15, 0.2) is 24.3 Å². The number of benzene rings is 1. The van der Waals surface area contributed by atoms with Gasteiger partial charge in [-0.15, -0.1) is 0 Å². The molecule has 1 aromatic carbocycles. The first-order chi connectivity index (χ1) is 7.31. The van der Waals surface area contributed by atoms with Crippen LogP contribution in [-0.4, -0.2) is 30.1 Å². The maximum atomic E-state index is 9.29. The second-order valence-electron chi connectivity index (χ2n) is 4.43. The summed E-state index contributed by atoms with van der Waals surface area (Å²) in [6.07, 6.45) is 2.43. The Morgan fingerprint density at radius 1 is 1.27 bits per heavy atom. The Bertz CT molecular complexity index is 316. The van der Waals surface area contributed by atoms with Crippen LogP contribution < -0.4 is 0 Å². The summed E-state index contributed by atoms with van der Waals surface area (Å²) in [5.74, 6) is 0.643. The van der Waals surface area contributed by atoms with Crippen molar-refractivity contribution in [3.05, 3.63) is 35.4 Å². The summed E-state index contributed by atoms with van der Waals surface area (Å²) in [7, 11) is 2.17. The summed E-state index contributed by atoms with van der Waals surface area (Å²) in [4.78, 5) is 2.37. The lowest BCUT2D eigenvalue weighted by atomic mass is 9.87. The van der Waals surface area contributed by atoms with Crippen molar-refractivity contribution in [1.82, 2.24) is 4.90 Å². The molecule has 82 valence electrons. The average Bonchev–Trinajstić information content (AvgIpc) is 2.30. The van der Waals surface area contributed by atoms with E-state index in [4.69, 9.17) is 0 Å². The quantitative estimate of drug-likeness (QED) is 0.798. The largest absolute Gasteiger partial charge is 0.392 e. The van der Waals surface area contributed by atoms with Crippen LogP contribution in [0.1, 0.15) is 29.9 Å². The van der Waals surface area contributed by atoms with Crippen LogP contribution >= 0.6 is 0 Å². The molecule has 2 heteroatoms. The molecule has 1 aliphatic heterocycles. The topological polar surface area (TPSA) is 23.5 Å². The molecule has 0 radical (unpaired) electrons. The maximum Gasteiger partial charge on any atom is 0.0684 e. The molecule has 15 heavy (non-hydrogen) atoms. The first-order valence-corrected chi connectivity index (χ1v) is 5.68. The van der Waals surface area contributed by atoms with E-state index in [2.05, 4.69) is 24.1 Å². The van der Waals surface area contributed by atoms with Gasteiger partial charge in [0.15, 0.2) is 0 Å². The monoisotopic (exact) mass is 205 g/mol. The molecule has 1 aliphatic rings. The molecule has 0 aliphatic carbocycles. The molecule has 0 aromatic heterocycles. The number of hydrogen-bond acceptors (Lipinski definition) is 2. The van der Waals surface area contributed by atoms with Crippen molar-refractivity contribution >= 4 is 0 Å². The fourth-order valence-corrected chi connectivity index (χ4v) is 2.40. The molecule has 1 fully saturated rings. The number of nitrogens with zero attached hydrogens (tertiary/aromatic N) is 1. The van der Waals surface area contributed by atoms with Gasteiger partial charge in [0.05, 0.1) is 6.61 Å². The Kier molecular flexibility index (Phi) is 3.39. The van der Waals surface area contributed by atoms with Gasteiger partial charge in [0, 0.05) is 0 Å². The van der Waals surface area contributed by atoms with Gasteiger partial charge in [0.1, 0.15) is 0 Å². The molecule has 0 unspecified atom stereocenters. The smallest absolute Gasteiger partial charge is 0.0684 e. The highest BCUT2D eigenvalue weighted by atomic mass is 16.3. The summed E-state index contributed by atoms with van der Waals surface area (Å²) in [6.45, 7) is 2.51. The minimum atomic E-state index is 0.169. The van der Waals surface area contributed by atoms with Gasteiger partial charge in [-0.3, -0.25) is 0 Å². The van der Waals surface area contributed by atoms with Crippen molar-refractivity contribution in [2.75, 3.05) is 20.1 Å². The second kappa shape index (κ2) is 4.77. The average molecular weight is 205 g/mol. The predicted octanol–water partition coefficient (Wildman–Crippen LogP) is 1.99. The molecular weight excluding hydrogens is 186 g/mol. The number of likely N-dealkylation sites (tertiary alicyclic amines) is 1. The summed E-state index contributed by atoms with van der Waals surface area (Å²) in [5, 5.41) is 9.29. The van der Waals surface area contributed by atoms with Gasteiger partial charge in [-0.25, -0.2) is 0 Å². The van der Waals surface area contributed by atoms with Crippen molar-refractivity contribution in [3.63, 3.8) is 0 Å². The van der Waals surface area contributed by atoms with E-state index in [-0.39, 0.29) is 6.61 Å². The van der Waals surface area contributed by atoms with Crippen LogP contribution in [0.5, 0.6) is 0 Å². The minimum absolute atomic E-state index is 0.169. The highest BCUT2D eigenvalue weighted by Crippen LogP contribution is 2.29. The molecular formula is C13H19NO. The van der Waals surface area contributed by atoms with Gasteiger partial charge in [0.2, 0.25) is 0 Å². The van der Waals surface area contributed by atoms with Crippen LogP contribution in [0.25, 0.3) is 0 Å². The van der Waals surface area contributed by atoms with E-state index in [0.717, 1.165) is 5.56 Å². The van der Waals surface area contributed by atoms with Crippen LogP contribution in [-0.2, 0) is 6.61 Å². The fraction of sp³-hybridized carbons (Fsp3) is 0.538. The number of aliphatic hydroxyl groups excluding tert-OH is 1. The first kappa shape index (κ1) is 10.7. The van der Waals surface area contributed by atoms with Crippen molar-refractivity contribution in [2.24, 2.45) is 0 Å². The summed E-state index contributed by atoms with van der Waals surface area (Å²) < 4.78 is 0. The van der Waals surface area contributed by atoms with E-state index in [1.54, 1.807) is 0 Å². The molecule has 0 saturated carbocycles. The minimum Gasteiger partial charge on any atom is -0.392 e. The third-order valence-electron chi connectivity index (χ3n) is 3.38. The van der Waals surface area contributed by atoms with Crippen LogP contribution in [0, 0.1) is 0 Å². The maximum absolute atomic E-state index is 9.29. The Hall–Kier alpha value is -0.860. The summed E-state index contributed by atoms with van der Waals surface area (Å²) >= 11 is 0. The lowest BCUT2D eigenvalue weighted by molar-refractivity contribution is 0.249. The van der Waals surface area contributed by atoms with E-state index in [1.165, 1.54) is 31.5 Å². The lowest BCUT2D eigenvalue weighted by Gasteiger charge is -2.30. The zero-order chi connectivity index (χ0) is 10.7. The van der Waals surface area contributed by atoms with Gasteiger partial charge < -0.3 is 10.0 Å². The fourth-order valence-electron chi connectivity index (χ4n) is 2.40. The molecule has 0 spiro atoms. The zero-order valence-electron chi connectivity index (χ0n) is 9.32. The lowest BCUT2D eigenvalue weighted by Crippen LogP contribution is -2.29. The van der Waals surface area contributed by atoms with Gasteiger partial charge in [-0.2, -0.15) is 0 Å². The number of hydrogen-bond donors (Lipinski definition) is 1. The molecule has 2 rings (SSSR count). The van der Waals surface area contributed by atoms with Crippen LogP contribution in [0.2, 0.25) is 0 Å². The molecule has 1 aromatic rings. The Morgan fingerprint density at radius 2 is 1.93 bits per heavy atom. The molecule has 2 nitrogen and oxygen atoms in total. The van der Waals surface area contributed by atoms with E-state index in [0.29, 0.717) is 5.92 Å². The normalized spacial score (nSPS) is 19.3. The molecule has 1 N–H and O–H groups in total. The zero-order valence-corrected chi connectivity index (χ0v) is 9.32. The molecule has 0 atom stereocenters. The third-order valence-corrected chi connectivity index (χ3v) is 3.38. The van der Waals surface area contributed by atoms with Crippen molar-refractivity contribution in [1.29, 1.82) is 0 Å². The number of aliphatic hydroxyl groups is 1. The SMILES string of the molecule is CN1CCC(c2ccccc2CO)CC1. The van der Waals surface area contributed by atoms with Gasteiger partial charge in [0.25, 0.3) is 0 Å². The second-order valence-corrected chi connectivity index (χ2v) is 4.43. The third kappa shape index (κ3) is 2.39. The van der Waals surface area contributed by atoms with E-state index in [9.17, 15) is 5.11 Å². The summed E-state index contributed by atoms with van der Waals surface area (Å²) in [6, 6.07) is 8.28. The standard InChI is InChI=1S/C13H19NO/c1-14-8-6-11(7-9-14)13-5-3-2-4-12(13)10-15/h2-5,11,15H,6-10H2,1H3. The van der Waals surface area contributed by atoms with Gasteiger partial charge in [-0.05, 0) is 50.0 Å². The Morgan fingerprint density at radius 3 is 2.60 bits per heavy atom. The molecule has 1 heterocycles. The number of piperidine rings is 1. The van der Waals surface area contributed by atoms with Crippen LogP contribution in [0.4, 0.5) is 0 Å². The van der Waals surface area contributed by atoms with Crippen molar-refractivity contribution < 1.29 is 5.11 Å². The Balaban J connectivity index is 2.15. The Labute approximate surface area is 91.5 Å². The van der Waals surface area contributed by atoms with Crippen molar-refractivity contribution in [3.8, 4) is 0 Å². The van der Waals surface area contributed by atoms with Gasteiger partial charge >= 0.3 is 0 Å². The van der Waals surface area contributed by atoms with E-state index >= 15 is 0 Å². The molecule has 0 amide bonds. The first-order valence-electron chi connectivity index (χ1n) is 5.68. The number of rotatable bonds is 2. The highest BCUT2D eigenvalue weighted by Gasteiger charge is 2.19. The molecule has 1 saturated heterocycles. The van der Waals surface area contributed by atoms with Crippen molar-refractivity contribution in [2.45, 2.75) is 25.4 Å². The highest BCUT2D eigenvalue weighted by molar-refractivity contribution is 5.30. The van der Waals surface area contributed by atoms with E-state index < -0.39 is 0 Å². The molecule has 0 bridgehead atoms. The van der Waals surface area contributed by atoms with Crippen LogP contribution in [0.3, 0.4) is 0 Å². The van der Waals surface area contributed by atoms with E-state index in [1.807, 2.05) is 12.1 Å². The summed E-state index contributed by atoms with van der Waals surface area (Å²) in [5.41, 5.74) is 2.46.